The standard InChI is InChI=1S/C17H26N4O2/c1-13(2)10-18-17(20-12-16(22)21(3)4)19-11-14-6-8-15(23-5)9-7-14/h6-9H,1,10-12H2,2-5H3,(H2,18,19,20). The first-order valence-electron chi connectivity index (χ1n) is 7.42. The first-order chi connectivity index (χ1) is 10.9. The van der Waals surface area contributed by atoms with Gasteiger partial charge in [0.1, 0.15) is 5.75 Å². The number of hydrogen-bond acceptors (Lipinski definition) is 3. The topological polar surface area (TPSA) is 66.0 Å². The van der Waals surface area contributed by atoms with Crippen LogP contribution in [0.15, 0.2) is 41.4 Å². The van der Waals surface area contributed by atoms with Crippen LogP contribution in [0.2, 0.25) is 0 Å². The number of nitrogens with one attached hydrogen (secondary N) is 2. The minimum atomic E-state index is -0.0146. The van der Waals surface area contributed by atoms with E-state index in [1.165, 1.54) is 4.90 Å². The van der Waals surface area contributed by atoms with E-state index in [0.717, 1.165) is 16.9 Å². The average molecular weight is 318 g/mol. The van der Waals surface area contributed by atoms with Crippen molar-refractivity contribution < 1.29 is 9.53 Å². The number of ether oxygens (including phenoxy) is 1. The molecule has 1 aromatic rings. The number of benzene rings is 1. The third-order valence-electron chi connectivity index (χ3n) is 3.04. The van der Waals surface area contributed by atoms with Crippen molar-refractivity contribution in [2.24, 2.45) is 4.99 Å². The molecule has 23 heavy (non-hydrogen) atoms. The highest BCUT2D eigenvalue weighted by molar-refractivity contribution is 5.86. The highest BCUT2D eigenvalue weighted by Crippen LogP contribution is 2.11. The molecule has 1 rings (SSSR count). The van der Waals surface area contributed by atoms with Gasteiger partial charge in [-0.05, 0) is 24.6 Å². The van der Waals surface area contributed by atoms with Crippen LogP contribution < -0.4 is 15.4 Å². The van der Waals surface area contributed by atoms with Gasteiger partial charge < -0.3 is 20.3 Å². The molecule has 0 saturated heterocycles. The van der Waals surface area contributed by atoms with Crippen molar-refractivity contribution in [3.8, 4) is 5.75 Å². The maximum atomic E-state index is 11.7. The minimum Gasteiger partial charge on any atom is -0.497 e. The van der Waals surface area contributed by atoms with Gasteiger partial charge >= 0.3 is 0 Å². The molecule has 0 aliphatic carbocycles. The van der Waals surface area contributed by atoms with E-state index in [9.17, 15) is 4.79 Å². The van der Waals surface area contributed by atoms with E-state index in [2.05, 4.69) is 22.2 Å². The number of nitrogens with zero attached hydrogens (tertiary/aromatic N) is 2. The lowest BCUT2D eigenvalue weighted by Gasteiger charge is -2.15. The van der Waals surface area contributed by atoms with Crippen molar-refractivity contribution in [3.05, 3.63) is 42.0 Å². The SMILES string of the molecule is C=C(C)CNC(=NCc1ccc(OC)cc1)NCC(=O)N(C)C. The van der Waals surface area contributed by atoms with Crippen LogP contribution in [0.25, 0.3) is 0 Å². The molecule has 0 aliphatic rings. The second kappa shape index (κ2) is 9.50. The van der Waals surface area contributed by atoms with Crippen molar-refractivity contribution in [3.63, 3.8) is 0 Å². The Kier molecular flexibility index (Phi) is 7.66. The molecule has 0 bridgehead atoms. The van der Waals surface area contributed by atoms with Gasteiger partial charge in [-0.25, -0.2) is 4.99 Å². The predicted molar refractivity (Wildman–Crippen MR) is 93.6 cm³/mol. The summed E-state index contributed by atoms with van der Waals surface area (Å²) in [5.41, 5.74) is 2.05. The van der Waals surface area contributed by atoms with Crippen molar-refractivity contribution in [1.29, 1.82) is 0 Å². The highest BCUT2D eigenvalue weighted by atomic mass is 16.5. The highest BCUT2D eigenvalue weighted by Gasteiger charge is 2.05. The molecule has 0 heterocycles. The van der Waals surface area contributed by atoms with Crippen LogP contribution in [-0.4, -0.2) is 51.1 Å². The first kappa shape index (κ1) is 18.5. The van der Waals surface area contributed by atoms with Gasteiger partial charge in [0.15, 0.2) is 5.96 Å². The molecule has 0 saturated carbocycles. The van der Waals surface area contributed by atoms with Gasteiger partial charge in [0.05, 0.1) is 20.2 Å². The van der Waals surface area contributed by atoms with Gasteiger partial charge in [-0.3, -0.25) is 4.79 Å². The second-order valence-electron chi connectivity index (χ2n) is 5.47. The van der Waals surface area contributed by atoms with Gasteiger partial charge in [0, 0.05) is 20.6 Å². The number of methoxy groups -OCH3 is 1. The number of aliphatic imine (C=N–C) groups is 1. The summed E-state index contributed by atoms with van der Waals surface area (Å²) in [4.78, 5) is 17.7. The molecule has 1 amide bonds. The van der Waals surface area contributed by atoms with E-state index in [0.29, 0.717) is 19.0 Å². The minimum absolute atomic E-state index is 0.0146. The molecular weight excluding hydrogens is 292 g/mol. The van der Waals surface area contributed by atoms with Crippen molar-refractivity contribution in [2.45, 2.75) is 13.5 Å². The van der Waals surface area contributed by atoms with E-state index < -0.39 is 0 Å². The van der Waals surface area contributed by atoms with E-state index in [4.69, 9.17) is 4.74 Å². The van der Waals surface area contributed by atoms with Gasteiger partial charge in [-0.2, -0.15) is 0 Å². The molecule has 1 aromatic carbocycles. The predicted octanol–water partition coefficient (Wildman–Crippen LogP) is 1.39. The number of amides is 1. The number of likely N-dealkylation sites (N-methyl/N-ethyl adjacent to an activating group) is 1. The first-order valence-corrected chi connectivity index (χ1v) is 7.42. The zero-order valence-electron chi connectivity index (χ0n) is 14.3. The summed E-state index contributed by atoms with van der Waals surface area (Å²) >= 11 is 0. The van der Waals surface area contributed by atoms with Crippen LogP contribution in [0.5, 0.6) is 5.75 Å². The Labute approximate surface area is 138 Å². The zero-order valence-corrected chi connectivity index (χ0v) is 14.3. The fourth-order valence-electron chi connectivity index (χ4n) is 1.63. The smallest absolute Gasteiger partial charge is 0.241 e. The molecule has 6 heteroatoms. The van der Waals surface area contributed by atoms with E-state index >= 15 is 0 Å². The molecule has 126 valence electrons. The fraction of sp³-hybridized carbons (Fsp3) is 0.412. The van der Waals surface area contributed by atoms with Crippen LogP contribution in [0.3, 0.4) is 0 Å². The Morgan fingerprint density at radius 2 is 1.83 bits per heavy atom. The van der Waals surface area contributed by atoms with Crippen molar-refractivity contribution in [1.82, 2.24) is 15.5 Å². The summed E-state index contributed by atoms with van der Waals surface area (Å²) < 4.78 is 5.13. The van der Waals surface area contributed by atoms with Gasteiger partial charge in [-0.1, -0.05) is 24.3 Å². The third kappa shape index (κ3) is 7.35. The van der Waals surface area contributed by atoms with Crippen LogP contribution >= 0.6 is 0 Å². The fourth-order valence-corrected chi connectivity index (χ4v) is 1.63. The van der Waals surface area contributed by atoms with Gasteiger partial charge in [0.2, 0.25) is 5.91 Å². The molecule has 0 fully saturated rings. The lowest BCUT2D eigenvalue weighted by molar-refractivity contribution is -0.127. The molecule has 2 N–H and O–H groups in total. The average Bonchev–Trinajstić information content (AvgIpc) is 2.53. The maximum absolute atomic E-state index is 11.7. The lowest BCUT2D eigenvalue weighted by Crippen LogP contribution is -2.43. The molecule has 6 nitrogen and oxygen atoms in total. The number of carbonyl (C=O) groups is 1. The molecule has 0 aliphatic heterocycles. The van der Waals surface area contributed by atoms with E-state index in [1.807, 2.05) is 31.2 Å². The summed E-state index contributed by atoms with van der Waals surface area (Å²) in [5.74, 6) is 1.38. The quantitative estimate of drug-likeness (QED) is 0.453. The van der Waals surface area contributed by atoms with Crippen LogP contribution in [-0.2, 0) is 11.3 Å². The second-order valence-corrected chi connectivity index (χ2v) is 5.47. The maximum Gasteiger partial charge on any atom is 0.241 e. The number of guanidine groups is 1. The molecule has 0 radical (unpaired) electrons. The molecule has 0 spiro atoms. The van der Waals surface area contributed by atoms with Crippen LogP contribution in [0, 0.1) is 0 Å². The molecule has 0 unspecified atom stereocenters. The number of rotatable bonds is 7. The molecule has 0 atom stereocenters. The van der Waals surface area contributed by atoms with Crippen LogP contribution in [0.1, 0.15) is 12.5 Å². The van der Waals surface area contributed by atoms with Crippen molar-refractivity contribution >= 4 is 11.9 Å². The summed E-state index contributed by atoms with van der Waals surface area (Å²) in [5, 5.41) is 6.18. The van der Waals surface area contributed by atoms with Gasteiger partial charge in [-0.15, -0.1) is 0 Å². The number of hydrogen-bond donors (Lipinski definition) is 2. The Bertz CT molecular complexity index is 550. The van der Waals surface area contributed by atoms with Crippen LogP contribution in [0.4, 0.5) is 0 Å². The summed E-state index contributed by atoms with van der Waals surface area (Å²) in [6.07, 6.45) is 0. The largest absolute Gasteiger partial charge is 0.497 e. The summed E-state index contributed by atoms with van der Waals surface area (Å²) in [6, 6.07) is 7.72. The van der Waals surface area contributed by atoms with Gasteiger partial charge in [0.25, 0.3) is 0 Å². The molecule has 0 aromatic heterocycles. The monoisotopic (exact) mass is 318 g/mol. The lowest BCUT2D eigenvalue weighted by atomic mass is 10.2. The van der Waals surface area contributed by atoms with E-state index in [1.54, 1.807) is 21.2 Å². The Balaban J connectivity index is 2.68. The Morgan fingerprint density at radius 3 is 2.35 bits per heavy atom. The summed E-state index contributed by atoms with van der Waals surface area (Å²) in [6.45, 7) is 7.08. The Hall–Kier alpha value is -2.50. The third-order valence-corrected chi connectivity index (χ3v) is 3.04. The normalized spacial score (nSPS) is 10.9. The zero-order chi connectivity index (χ0) is 17.2. The Morgan fingerprint density at radius 1 is 1.22 bits per heavy atom. The van der Waals surface area contributed by atoms with E-state index in [-0.39, 0.29) is 12.5 Å². The van der Waals surface area contributed by atoms with Crippen molar-refractivity contribution in [2.75, 3.05) is 34.3 Å². The molecular formula is C17H26N4O2. The summed E-state index contributed by atoms with van der Waals surface area (Å²) in [7, 11) is 5.08. The number of carbonyl (C=O) groups excluding carboxylic acids is 1.